The van der Waals surface area contributed by atoms with Crippen LogP contribution in [0.4, 0.5) is 13.2 Å². The largest absolute Gasteiger partial charge is 0.573 e. The highest BCUT2D eigenvalue weighted by molar-refractivity contribution is 9.09. The van der Waals surface area contributed by atoms with Crippen LogP contribution in [0.15, 0.2) is 24.3 Å². The minimum atomic E-state index is -4.63. The van der Waals surface area contributed by atoms with Gasteiger partial charge in [0, 0.05) is 4.83 Å². The molecule has 0 N–H and O–H groups in total. The monoisotopic (exact) mass is 282 g/mol. The molecule has 0 heterocycles. The highest BCUT2D eigenvalue weighted by Gasteiger charge is 2.31. The Kier molecular flexibility index (Phi) is 4.02. The average molecular weight is 283 g/mol. The molecule has 1 aromatic carbocycles. The Morgan fingerprint density at radius 2 is 1.93 bits per heavy atom. The van der Waals surface area contributed by atoms with Gasteiger partial charge in [-0.25, -0.2) is 0 Å². The summed E-state index contributed by atoms with van der Waals surface area (Å²) in [4.78, 5) is 0.107. The summed E-state index contributed by atoms with van der Waals surface area (Å²) in [7, 11) is 0. The summed E-state index contributed by atoms with van der Waals surface area (Å²) in [6.07, 6.45) is -4.14. The third-order valence-electron chi connectivity index (χ3n) is 1.70. The minimum Gasteiger partial charge on any atom is -0.406 e. The summed E-state index contributed by atoms with van der Waals surface area (Å²) in [5, 5.41) is 0. The van der Waals surface area contributed by atoms with Crippen molar-refractivity contribution in [3.63, 3.8) is 0 Å². The molecule has 0 bridgehead atoms. The van der Waals surface area contributed by atoms with E-state index in [4.69, 9.17) is 0 Å². The lowest BCUT2D eigenvalue weighted by Crippen LogP contribution is -2.18. The Hall–Kier alpha value is -0.710. The fourth-order valence-corrected chi connectivity index (χ4v) is 1.55. The van der Waals surface area contributed by atoms with Crippen molar-refractivity contribution in [1.82, 2.24) is 0 Å². The van der Waals surface area contributed by atoms with Gasteiger partial charge in [-0.3, -0.25) is 0 Å². The Morgan fingerprint density at radius 3 is 2.47 bits per heavy atom. The summed E-state index contributed by atoms with van der Waals surface area (Å²) in [6.45, 7) is 1.87. The van der Waals surface area contributed by atoms with Crippen molar-refractivity contribution in [2.45, 2.75) is 24.5 Å². The summed E-state index contributed by atoms with van der Waals surface area (Å²) in [5.74, 6) is -0.128. The predicted molar refractivity (Wildman–Crippen MR) is 55.2 cm³/mol. The first-order valence-electron chi connectivity index (χ1n) is 4.36. The molecule has 5 heteroatoms. The van der Waals surface area contributed by atoms with Crippen molar-refractivity contribution < 1.29 is 17.9 Å². The molecule has 0 aliphatic heterocycles. The number of para-hydroxylation sites is 1. The number of alkyl halides is 4. The Balaban J connectivity index is 2.86. The van der Waals surface area contributed by atoms with E-state index in [9.17, 15) is 13.2 Å². The van der Waals surface area contributed by atoms with Crippen LogP contribution in [0.2, 0.25) is 0 Å². The zero-order chi connectivity index (χ0) is 11.5. The molecule has 1 atom stereocenters. The number of hydrogen-bond acceptors (Lipinski definition) is 1. The summed E-state index contributed by atoms with van der Waals surface area (Å²) in [5.41, 5.74) is 0.541. The van der Waals surface area contributed by atoms with Crippen LogP contribution in [0.25, 0.3) is 0 Å². The van der Waals surface area contributed by atoms with Gasteiger partial charge >= 0.3 is 6.36 Å². The molecule has 0 aromatic heterocycles. The summed E-state index contributed by atoms with van der Waals surface area (Å²) >= 11 is 3.29. The maximum Gasteiger partial charge on any atom is 0.573 e. The predicted octanol–water partition coefficient (Wildman–Crippen LogP) is 3.91. The Bertz CT molecular complexity index is 323. The standard InChI is InChI=1S/C10H10BrF3O/c1-7(11)6-8-4-2-3-5-9(8)15-10(12,13)14/h2-5,7H,6H2,1H3. The maximum atomic E-state index is 12.0. The minimum absolute atomic E-state index is 0.107. The van der Waals surface area contributed by atoms with E-state index >= 15 is 0 Å². The Labute approximate surface area is 94.4 Å². The molecule has 1 unspecified atom stereocenters. The summed E-state index contributed by atoms with van der Waals surface area (Å²) < 4.78 is 40.0. The zero-order valence-electron chi connectivity index (χ0n) is 8.01. The second-order valence-corrected chi connectivity index (χ2v) is 4.70. The van der Waals surface area contributed by atoms with Crippen LogP contribution in [-0.4, -0.2) is 11.2 Å². The van der Waals surface area contributed by atoms with E-state index in [0.29, 0.717) is 12.0 Å². The molecule has 0 aliphatic rings. The van der Waals surface area contributed by atoms with E-state index < -0.39 is 6.36 Å². The van der Waals surface area contributed by atoms with Crippen LogP contribution < -0.4 is 4.74 Å². The van der Waals surface area contributed by atoms with Crippen LogP contribution in [0.1, 0.15) is 12.5 Å². The number of benzene rings is 1. The molecule has 1 rings (SSSR count). The average Bonchev–Trinajstić information content (AvgIpc) is 2.05. The molecule has 15 heavy (non-hydrogen) atoms. The number of ether oxygens (including phenoxy) is 1. The highest BCUT2D eigenvalue weighted by Crippen LogP contribution is 2.27. The lowest BCUT2D eigenvalue weighted by atomic mass is 10.1. The third-order valence-corrected chi connectivity index (χ3v) is 2.02. The molecule has 0 spiro atoms. The Morgan fingerprint density at radius 1 is 1.33 bits per heavy atom. The van der Waals surface area contributed by atoms with Crippen molar-refractivity contribution >= 4 is 15.9 Å². The molecule has 0 aliphatic carbocycles. The molecular formula is C10H10BrF3O. The van der Waals surface area contributed by atoms with E-state index in [0.717, 1.165) is 0 Å². The van der Waals surface area contributed by atoms with Crippen molar-refractivity contribution in [3.05, 3.63) is 29.8 Å². The van der Waals surface area contributed by atoms with Gasteiger partial charge in [-0.1, -0.05) is 41.1 Å². The molecule has 1 aromatic rings. The van der Waals surface area contributed by atoms with Crippen LogP contribution in [0.3, 0.4) is 0 Å². The van der Waals surface area contributed by atoms with Gasteiger partial charge in [-0.2, -0.15) is 0 Å². The van der Waals surface area contributed by atoms with E-state index in [1.165, 1.54) is 12.1 Å². The second-order valence-electron chi connectivity index (χ2n) is 3.14. The first-order valence-corrected chi connectivity index (χ1v) is 5.28. The van der Waals surface area contributed by atoms with Gasteiger partial charge in [0.15, 0.2) is 0 Å². The summed E-state index contributed by atoms with van der Waals surface area (Å²) in [6, 6.07) is 6.15. The van der Waals surface area contributed by atoms with Crippen LogP contribution in [0, 0.1) is 0 Å². The lowest BCUT2D eigenvalue weighted by Gasteiger charge is -2.13. The van der Waals surface area contributed by atoms with Crippen molar-refractivity contribution in [2.75, 3.05) is 0 Å². The normalized spacial score (nSPS) is 13.7. The topological polar surface area (TPSA) is 9.23 Å². The molecule has 0 saturated heterocycles. The SMILES string of the molecule is CC(Br)Cc1ccccc1OC(F)(F)F. The van der Waals surface area contributed by atoms with Gasteiger partial charge in [0.2, 0.25) is 0 Å². The van der Waals surface area contributed by atoms with Gasteiger partial charge in [-0.15, -0.1) is 13.2 Å². The quantitative estimate of drug-likeness (QED) is 0.764. The number of rotatable bonds is 3. The van der Waals surface area contributed by atoms with Gasteiger partial charge in [0.25, 0.3) is 0 Å². The van der Waals surface area contributed by atoms with E-state index in [2.05, 4.69) is 20.7 Å². The molecule has 0 fully saturated rings. The molecule has 84 valence electrons. The number of hydrogen-bond donors (Lipinski definition) is 0. The maximum absolute atomic E-state index is 12.0. The van der Waals surface area contributed by atoms with Crippen LogP contribution in [0.5, 0.6) is 5.75 Å². The van der Waals surface area contributed by atoms with E-state index in [-0.39, 0.29) is 10.6 Å². The molecule has 0 amide bonds. The van der Waals surface area contributed by atoms with Gasteiger partial charge in [0.1, 0.15) is 5.75 Å². The first-order chi connectivity index (χ1) is 6.88. The lowest BCUT2D eigenvalue weighted by molar-refractivity contribution is -0.274. The fraction of sp³-hybridized carbons (Fsp3) is 0.400. The highest BCUT2D eigenvalue weighted by atomic mass is 79.9. The first kappa shape index (κ1) is 12.4. The third kappa shape index (κ3) is 4.55. The van der Waals surface area contributed by atoms with Gasteiger partial charge in [0.05, 0.1) is 0 Å². The fourth-order valence-electron chi connectivity index (χ4n) is 1.20. The molecule has 1 nitrogen and oxygen atoms in total. The molecule has 0 radical (unpaired) electrons. The van der Waals surface area contributed by atoms with Crippen LogP contribution in [-0.2, 0) is 6.42 Å². The molecular weight excluding hydrogens is 273 g/mol. The van der Waals surface area contributed by atoms with E-state index in [1.807, 2.05) is 6.92 Å². The van der Waals surface area contributed by atoms with Crippen molar-refractivity contribution in [1.29, 1.82) is 0 Å². The zero-order valence-corrected chi connectivity index (χ0v) is 9.60. The van der Waals surface area contributed by atoms with Gasteiger partial charge in [-0.05, 0) is 18.1 Å². The number of halogens is 4. The molecule has 0 saturated carbocycles. The van der Waals surface area contributed by atoms with Crippen molar-refractivity contribution in [3.8, 4) is 5.75 Å². The van der Waals surface area contributed by atoms with Crippen molar-refractivity contribution in [2.24, 2.45) is 0 Å². The smallest absolute Gasteiger partial charge is 0.406 e. The second kappa shape index (κ2) is 4.88. The van der Waals surface area contributed by atoms with Crippen LogP contribution >= 0.6 is 15.9 Å². The van der Waals surface area contributed by atoms with Gasteiger partial charge < -0.3 is 4.74 Å². The van der Waals surface area contributed by atoms with E-state index in [1.54, 1.807) is 12.1 Å².